The molecule has 1 saturated heterocycles. The van der Waals surface area contributed by atoms with Crippen LogP contribution < -0.4 is 0 Å². The molecule has 39 heavy (non-hydrogen) atoms. The van der Waals surface area contributed by atoms with Crippen LogP contribution in [0, 0.1) is 34.0 Å². The highest BCUT2D eigenvalue weighted by Gasteiger charge is 2.72. The van der Waals surface area contributed by atoms with Gasteiger partial charge in [-0.3, -0.25) is 14.4 Å². The topological polar surface area (TPSA) is 140 Å². The summed E-state index contributed by atoms with van der Waals surface area (Å²) >= 11 is 0. The highest BCUT2D eigenvalue weighted by molar-refractivity contribution is 5.73. The molecule has 1 aliphatic heterocycles. The molecule has 9 heteroatoms. The van der Waals surface area contributed by atoms with Crippen molar-refractivity contribution in [3.8, 4) is 0 Å². The molecule has 0 bridgehead atoms. The predicted octanol–water partition coefficient (Wildman–Crippen LogP) is 3.08. The van der Waals surface area contributed by atoms with Gasteiger partial charge < -0.3 is 29.5 Å². The van der Waals surface area contributed by atoms with E-state index in [1.54, 1.807) is 0 Å². The lowest BCUT2D eigenvalue weighted by molar-refractivity contribution is -0.229. The van der Waals surface area contributed by atoms with Gasteiger partial charge in [0.15, 0.2) is 0 Å². The largest absolute Gasteiger partial charge is 0.462 e. The number of aliphatic hydroxyl groups excluding tert-OH is 2. The van der Waals surface area contributed by atoms with Crippen molar-refractivity contribution in [1.82, 2.24) is 0 Å². The fourth-order valence-corrected chi connectivity index (χ4v) is 9.67. The Morgan fingerprint density at radius 2 is 1.67 bits per heavy atom. The maximum atomic E-state index is 13.0. The smallest absolute Gasteiger partial charge is 0.310 e. The number of cyclic esters (lactones) is 1. The van der Waals surface area contributed by atoms with Crippen molar-refractivity contribution in [2.24, 2.45) is 34.0 Å². The summed E-state index contributed by atoms with van der Waals surface area (Å²) < 4.78 is 18.0. The van der Waals surface area contributed by atoms with Gasteiger partial charge in [-0.05, 0) is 50.9 Å². The fourth-order valence-electron chi connectivity index (χ4n) is 9.67. The van der Waals surface area contributed by atoms with E-state index < -0.39 is 64.2 Å². The highest BCUT2D eigenvalue weighted by Crippen LogP contribution is 2.72. The first-order chi connectivity index (χ1) is 18.0. The van der Waals surface area contributed by atoms with Gasteiger partial charge in [0.25, 0.3) is 0 Å². The molecule has 0 aromatic rings. The molecule has 0 aromatic heterocycles. The Morgan fingerprint density at radius 3 is 2.23 bits per heavy atom. The average molecular weight is 551 g/mol. The Bertz CT molecular complexity index is 1050. The lowest BCUT2D eigenvalue weighted by atomic mass is 9.39. The molecular weight excluding hydrogens is 504 g/mol. The van der Waals surface area contributed by atoms with Gasteiger partial charge in [-0.1, -0.05) is 32.4 Å². The van der Waals surface area contributed by atoms with Gasteiger partial charge in [0, 0.05) is 49.5 Å². The third-order valence-corrected chi connectivity index (χ3v) is 11.2. The van der Waals surface area contributed by atoms with E-state index in [-0.39, 0.29) is 37.2 Å². The zero-order valence-corrected chi connectivity index (χ0v) is 24.4. The third-order valence-electron chi connectivity index (χ3n) is 11.2. The molecule has 0 radical (unpaired) electrons. The first kappa shape index (κ1) is 30.0. The number of esters is 3. The number of rotatable bonds is 6. The Kier molecular flexibility index (Phi) is 7.57. The summed E-state index contributed by atoms with van der Waals surface area (Å²) in [5, 5.41) is 31.4. The molecule has 1 heterocycles. The van der Waals surface area contributed by atoms with Gasteiger partial charge in [-0.15, -0.1) is 0 Å². The monoisotopic (exact) mass is 550 g/mol. The van der Waals surface area contributed by atoms with Crippen LogP contribution in [-0.2, 0) is 28.6 Å². The van der Waals surface area contributed by atoms with E-state index >= 15 is 0 Å². The van der Waals surface area contributed by atoms with Gasteiger partial charge in [0.2, 0.25) is 0 Å². The van der Waals surface area contributed by atoms with Crippen LogP contribution in [0.25, 0.3) is 0 Å². The Hall–Kier alpha value is -1.97. The van der Waals surface area contributed by atoms with Gasteiger partial charge >= 0.3 is 17.9 Å². The summed E-state index contributed by atoms with van der Waals surface area (Å²) in [5.41, 5.74) is -3.22. The van der Waals surface area contributed by atoms with Crippen molar-refractivity contribution < 1.29 is 43.9 Å². The Morgan fingerprint density at radius 1 is 1.05 bits per heavy atom. The van der Waals surface area contributed by atoms with E-state index in [1.165, 1.54) is 13.8 Å². The number of carbonyl (C=O) groups excluding carboxylic acids is 3. The zero-order chi connectivity index (χ0) is 29.2. The van der Waals surface area contributed by atoms with Gasteiger partial charge in [0.05, 0.1) is 18.6 Å². The van der Waals surface area contributed by atoms with E-state index in [0.29, 0.717) is 25.7 Å². The minimum Gasteiger partial charge on any atom is -0.462 e. The quantitative estimate of drug-likeness (QED) is 0.259. The minimum absolute atomic E-state index is 0.0550. The second kappa shape index (κ2) is 9.84. The summed E-state index contributed by atoms with van der Waals surface area (Å²) in [6.45, 7) is 12.1. The number of carbonyl (C=O) groups is 3. The third kappa shape index (κ3) is 4.43. The summed E-state index contributed by atoms with van der Waals surface area (Å²) in [6, 6.07) is 0. The zero-order valence-electron chi connectivity index (χ0n) is 24.4. The molecule has 3 N–H and O–H groups in total. The predicted molar refractivity (Wildman–Crippen MR) is 141 cm³/mol. The van der Waals surface area contributed by atoms with E-state index in [0.717, 1.165) is 5.57 Å². The second-order valence-electron chi connectivity index (χ2n) is 13.6. The number of fused-ring (bicyclic) bond motifs is 5. The van der Waals surface area contributed by atoms with Crippen LogP contribution in [0.2, 0.25) is 0 Å². The highest BCUT2D eigenvalue weighted by atomic mass is 16.6. The Labute approximate surface area is 231 Å². The van der Waals surface area contributed by atoms with Gasteiger partial charge in [-0.25, -0.2) is 0 Å². The van der Waals surface area contributed by atoms with Crippen molar-refractivity contribution in [3.63, 3.8) is 0 Å². The van der Waals surface area contributed by atoms with Gasteiger partial charge in [0.1, 0.15) is 17.8 Å². The first-order valence-corrected chi connectivity index (χ1v) is 14.2. The molecule has 1 unspecified atom stereocenters. The van der Waals surface area contributed by atoms with Crippen LogP contribution in [0.5, 0.6) is 0 Å². The lowest BCUT2D eigenvalue weighted by Gasteiger charge is -2.66. The van der Waals surface area contributed by atoms with Crippen molar-refractivity contribution in [2.45, 2.75) is 110 Å². The maximum Gasteiger partial charge on any atom is 0.310 e. The van der Waals surface area contributed by atoms with Crippen LogP contribution in [0.4, 0.5) is 0 Å². The SMILES string of the molecule is CC(=O)O[C@H]1CC(=O)OC(C)(C)[C@@H]2C[C@@H](OC(C)=O)[C@@]3(C)C4=CC[C@@H](C(O)(CO)CCO)[C@]4(C)CC[C@@H]3[C@@]12C. The summed E-state index contributed by atoms with van der Waals surface area (Å²) in [6.07, 6.45) is 3.11. The molecule has 3 fully saturated rings. The standard InChI is InChI=1S/C30H46O9/c1-17(33)37-23-14-22-26(3,4)39-25(35)15-24(38-18(2)34)29(22,7)21-10-11-27(5)19(28(21,23)6)8-9-20(27)30(36,16-32)12-13-31/h8,20-24,31-32,36H,9-16H2,1-7H3/t20-,21+,22+,23-,24+,27-,28+,29-,30?/m1/s1. The molecule has 9 atom stereocenters. The van der Waals surface area contributed by atoms with E-state index in [9.17, 15) is 29.7 Å². The molecule has 9 nitrogen and oxygen atoms in total. The van der Waals surface area contributed by atoms with Crippen molar-refractivity contribution >= 4 is 17.9 Å². The van der Waals surface area contributed by atoms with Crippen LogP contribution in [0.15, 0.2) is 11.6 Å². The van der Waals surface area contributed by atoms with Crippen LogP contribution in [0.3, 0.4) is 0 Å². The van der Waals surface area contributed by atoms with Crippen molar-refractivity contribution in [1.29, 1.82) is 0 Å². The molecule has 0 aromatic carbocycles. The van der Waals surface area contributed by atoms with E-state index in [4.69, 9.17) is 14.2 Å². The minimum atomic E-state index is -1.46. The fraction of sp³-hybridized carbons (Fsp3) is 0.833. The molecule has 4 aliphatic rings. The summed E-state index contributed by atoms with van der Waals surface area (Å²) in [5.74, 6) is -2.05. The number of allylic oxidation sites excluding steroid dienone is 1. The van der Waals surface area contributed by atoms with Crippen LogP contribution in [-0.4, -0.2) is 69.9 Å². The molecule has 4 rings (SSSR count). The molecular formula is C30H46O9. The first-order valence-electron chi connectivity index (χ1n) is 14.2. The van der Waals surface area contributed by atoms with Crippen molar-refractivity contribution in [3.05, 3.63) is 11.6 Å². The average Bonchev–Trinajstić information content (AvgIpc) is 3.15. The maximum absolute atomic E-state index is 13.0. The second-order valence-corrected chi connectivity index (χ2v) is 13.6. The molecule has 0 spiro atoms. The molecule has 0 amide bonds. The number of ether oxygens (including phenoxy) is 3. The lowest BCUT2D eigenvalue weighted by Crippen LogP contribution is -2.67. The summed E-state index contributed by atoms with van der Waals surface area (Å²) in [7, 11) is 0. The Balaban J connectivity index is 1.90. The molecule has 220 valence electrons. The van der Waals surface area contributed by atoms with Crippen LogP contribution in [0.1, 0.15) is 87.0 Å². The number of aliphatic hydroxyl groups is 3. The molecule has 3 aliphatic carbocycles. The van der Waals surface area contributed by atoms with E-state index in [1.807, 2.05) is 13.8 Å². The normalized spacial score (nSPS) is 42.5. The summed E-state index contributed by atoms with van der Waals surface area (Å²) in [4.78, 5) is 37.8. The van der Waals surface area contributed by atoms with Crippen molar-refractivity contribution in [2.75, 3.05) is 13.2 Å². The van der Waals surface area contributed by atoms with Crippen LogP contribution >= 0.6 is 0 Å². The van der Waals surface area contributed by atoms with Gasteiger partial charge in [-0.2, -0.15) is 0 Å². The van der Waals surface area contributed by atoms with E-state index in [2.05, 4.69) is 26.8 Å². The molecule has 2 saturated carbocycles. The number of hydrogen-bond acceptors (Lipinski definition) is 9. The number of hydrogen-bond donors (Lipinski definition) is 3.